The summed E-state index contributed by atoms with van der Waals surface area (Å²) in [4.78, 5) is 33.9. The molecule has 2 heterocycles. The highest BCUT2D eigenvalue weighted by Crippen LogP contribution is 2.18. The van der Waals surface area contributed by atoms with Gasteiger partial charge in [-0.3, -0.25) is 14.6 Å². The first-order valence-electron chi connectivity index (χ1n) is 9.41. The monoisotopic (exact) mass is 393 g/mol. The fourth-order valence-electron chi connectivity index (χ4n) is 2.69. The Morgan fingerprint density at radius 1 is 1.17 bits per heavy atom. The molecule has 1 aromatic carbocycles. The van der Waals surface area contributed by atoms with Crippen molar-refractivity contribution >= 4 is 11.8 Å². The Hall–Kier alpha value is -3.55. The van der Waals surface area contributed by atoms with Crippen molar-refractivity contribution < 1.29 is 14.1 Å². The summed E-state index contributed by atoms with van der Waals surface area (Å²) in [5.41, 5.74) is 2.20. The van der Waals surface area contributed by atoms with Crippen molar-refractivity contribution in [2.24, 2.45) is 0 Å². The minimum Gasteiger partial charge on any atom is -0.348 e. The van der Waals surface area contributed by atoms with Crippen molar-refractivity contribution in [2.75, 3.05) is 13.6 Å². The van der Waals surface area contributed by atoms with E-state index in [1.54, 1.807) is 48.6 Å². The molecular weight excluding hydrogens is 370 g/mol. The second-order valence-corrected chi connectivity index (χ2v) is 6.56. The van der Waals surface area contributed by atoms with Crippen molar-refractivity contribution in [3.05, 3.63) is 65.7 Å². The number of nitrogens with zero attached hydrogens (tertiary/aromatic N) is 4. The fourth-order valence-corrected chi connectivity index (χ4v) is 2.69. The lowest BCUT2D eigenvalue weighted by Crippen LogP contribution is -2.28. The van der Waals surface area contributed by atoms with E-state index in [9.17, 15) is 9.59 Å². The van der Waals surface area contributed by atoms with Gasteiger partial charge >= 0.3 is 0 Å². The third kappa shape index (κ3) is 5.47. The van der Waals surface area contributed by atoms with E-state index in [4.69, 9.17) is 4.52 Å². The molecular formula is C21H23N5O3. The molecule has 0 saturated carbocycles. The number of amides is 2. The number of benzene rings is 1. The van der Waals surface area contributed by atoms with Crippen molar-refractivity contribution in [3.63, 3.8) is 0 Å². The number of pyridine rings is 1. The number of carbonyl (C=O) groups is 2. The number of carbonyl (C=O) groups excluding carboxylic acids is 2. The van der Waals surface area contributed by atoms with E-state index in [1.165, 1.54) is 0 Å². The molecule has 0 atom stereocenters. The van der Waals surface area contributed by atoms with Gasteiger partial charge in [-0.05, 0) is 35.9 Å². The molecule has 2 aromatic heterocycles. The maximum absolute atomic E-state index is 12.3. The molecule has 2 amide bonds. The predicted octanol–water partition coefficient (Wildman–Crippen LogP) is 2.47. The van der Waals surface area contributed by atoms with Crippen LogP contribution in [0.25, 0.3) is 11.5 Å². The summed E-state index contributed by atoms with van der Waals surface area (Å²) < 4.78 is 5.30. The lowest BCUT2D eigenvalue weighted by atomic mass is 10.1. The highest BCUT2D eigenvalue weighted by atomic mass is 16.5. The Bertz CT molecular complexity index is 954. The van der Waals surface area contributed by atoms with E-state index in [-0.39, 0.29) is 11.8 Å². The van der Waals surface area contributed by atoms with Gasteiger partial charge in [-0.1, -0.05) is 18.1 Å². The van der Waals surface area contributed by atoms with Crippen LogP contribution in [0.5, 0.6) is 0 Å². The van der Waals surface area contributed by atoms with Crippen LogP contribution in [-0.4, -0.2) is 45.4 Å². The van der Waals surface area contributed by atoms with Gasteiger partial charge in [0, 0.05) is 56.5 Å². The lowest BCUT2D eigenvalue weighted by Gasteiger charge is -2.14. The first-order valence-corrected chi connectivity index (χ1v) is 9.41. The molecule has 3 aromatic rings. The molecule has 0 spiro atoms. The zero-order valence-corrected chi connectivity index (χ0v) is 16.5. The van der Waals surface area contributed by atoms with E-state index in [0.717, 1.165) is 11.1 Å². The summed E-state index contributed by atoms with van der Waals surface area (Å²) in [5, 5.41) is 6.82. The smallest absolute Gasteiger partial charge is 0.257 e. The van der Waals surface area contributed by atoms with Gasteiger partial charge in [-0.15, -0.1) is 0 Å². The molecule has 0 saturated heterocycles. The zero-order valence-electron chi connectivity index (χ0n) is 16.5. The topological polar surface area (TPSA) is 101 Å². The van der Waals surface area contributed by atoms with Gasteiger partial charge in [0.2, 0.25) is 5.91 Å². The highest BCUT2D eigenvalue weighted by molar-refractivity contribution is 5.94. The molecule has 0 aliphatic rings. The first kappa shape index (κ1) is 20.2. The Kier molecular flexibility index (Phi) is 6.67. The van der Waals surface area contributed by atoms with Gasteiger partial charge in [-0.25, -0.2) is 0 Å². The normalized spacial score (nSPS) is 10.6. The Morgan fingerprint density at radius 2 is 1.97 bits per heavy atom. The van der Waals surface area contributed by atoms with Crippen LogP contribution in [-0.2, 0) is 17.8 Å². The SMILES string of the molecule is CCC(=O)N(C)CCc1noc(-c2ccc(C(=O)NCc3cccnc3)cc2)n1. The number of hydrogen-bond donors (Lipinski definition) is 1. The van der Waals surface area contributed by atoms with Gasteiger partial charge in [0.25, 0.3) is 11.8 Å². The average Bonchev–Trinajstić information content (AvgIpc) is 3.25. The van der Waals surface area contributed by atoms with Gasteiger partial charge in [-0.2, -0.15) is 4.98 Å². The third-order valence-electron chi connectivity index (χ3n) is 4.44. The Balaban J connectivity index is 1.56. The van der Waals surface area contributed by atoms with Crippen LogP contribution in [0.4, 0.5) is 0 Å². The summed E-state index contributed by atoms with van der Waals surface area (Å²) >= 11 is 0. The average molecular weight is 393 g/mol. The second kappa shape index (κ2) is 9.59. The van der Waals surface area contributed by atoms with Crippen molar-refractivity contribution in [1.82, 2.24) is 25.3 Å². The Morgan fingerprint density at radius 3 is 2.66 bits per heavy atom. The van der Waals surface area contributed by atoms with E-state index >= 15 is 0 Å². The second-order valence-electron chi connectivity index (χ2n) is 6.56. The lowest BCUT2D eigenvalue weighted by molar-refractivity contribution is -0.129. The summed E-state index contributed by atoms with van der Waals surface area (Å²) in [7, 11) is 1.75. The van der Waals surface area contributed by atoms with E-state index < -0.39 is 0 Å². The van der Waals surface area contributed by atoms with Crippen LogP contribution < -0.4 is 5.32 Å². The van der Waals surface area contributed by atoms with Crippen molar-refractivity contribution in [1.29, 1.82) is 0 Å². The summed E-state index contributed by atoms with van der Waals surface area (Å²) in [6.45, 7) is 2.77. The molecule has 0 bridgehead atoms. The molecule has 150 valence electrons. The van der Waals surface area contributed by atoms with Crippen molar-refractivity contribution in [3.8, 4) is 11.5 Å². The maximum Gasteiger partial charge on any atom is 0.257 e. The van der Waals surface area contributed by atoms with Gasteiger partial charge in [0.1, 0.15) is 0 Å². The van der Waals surface area contributed by atoms with Gasteiger partial charge in [0.15, 0.2) is 5.82 Å². The van der Waals surface area contributed by atoms with Crippen LogP contribution in [0.3, 0.4) is 0 Å². The molecule has 8 heteroatoms. The molecule has 0 unspecified atom stereocenters. The van der Waals surface area contributed by atoms with E-state index in [2.05, 4.69) is 20.4 Å². The zero-order chi connectivity index (χ0) is 20.6. The fraction of sp³-hybridized carbons (Fsp3) is 0.286. The predicted molar refractivity (Wildman–Crippen MR) is 107 cm³/mol. The minimum absolute atomic E-state index is 0.0751. The molecule has 0 radical (unpaired) electrons. The van der Waals surface area contributed by atoms with Crippen LogP contribution in [0, 0.1) is 0 Å². The van der Waals surface area contributed by atoms with Gasteiger partial charge in [0.05, 0.1) is 0 Å². The molecule has 0 fully saturated rings. The summed E-state index contributed by atoms with van der Waals surface area (Å²) in [6.07, 6.45) is 4.39. The number of nitrogens with one attached hydrogen (secondary N) is 1. The summed E-state index contributed by atoms with van der Waals surface area (Å²) in [6, 6.07) is 10.7. The molecule has 8 nitrogen and oxygen atoms in total. The van der Waals surface area contributed by atoms with Crippen LogP contribution in [0.2, 0.25) is 0 Å². The largest absolute Gasteiger partial charge is 0.348 e. The standard InChI is InChI=1S/C21H23N5O3/c1-3-19(27)26(2)12-10-18-24-21(29-25-18)17-8-6-16(7-9-17)20(28)23-14-15-5-4-11-22-13-15/h4-9,11,13H,3,10,12,14H2,1-2H3,(H,23,28). The molecule has 0 aliphatic heterocycles. The van der Waals surface area contributed by atoms with Gasteiger partial charge < -0.3 is 14.7 Å². The quantitative estimate of drug-likeness (QED) is 0.631. The molecule has 0 aliphatic carbocycles. The molecule has 3 rings (SSSR count). The number of likely N-dealkylation sites (N-methyl/N-ethyl adjacent to an activating group) is 1. The van der Waals surface area contributed by atoms with Crippen LogP contribution in [0.1, 0.15) is 35.1 Å². The summed E-state index contributed by atoms with van der Waals surface area (Å²) in [5.74, 6) is 0.821. The third-order valence-corrected chi connectivity index (χ3v) is 4.44. The van der Waals surface area contributed by atoms with E-state index in [1.807, 2.05) is 19.1 Å². The number of aromatic nitrogens is 3. The number of rotatable bonds is 8. The highest BCUT2D eigenvalue weighted by Gasteiger charge is 2.12. The first-order chi connectivity index (χ1) is 14.1. The molecule has 1 N–H and O–H groups in total. The van der Waals surface area contributed by atoms with Crippen molar-refractivity contribution in [2.45, 2.75) is 26.3 Å². The van der Waals surface area contributed by atoms with Crippen LogP contribution >= 0.6 is 0 Å². The minimum atomic E-state index is -0.171. The molecule has 29 heavy (non-hydrogen) atoms. The maximum atomic E-state index is 12.3. The van der Waals surface area contributed by atoms with Crippen LogP contribution in [0.15, 0.2) is 53.3 Å². The van der Waals surface area contributed by atoms with E-state index in [0.29, 0.717) is 43.2 Å². The number of hydrogen-bond acceptors (Lipinski definition) is 6. The Labute approximate surface area is 169 Å².